The number of ether oxygens (including phenoxy) is 2. The maximum absolute atomic E-state index is 15.6. The number of carbonyl (C=O) groups is 5. The van der Waals surface area contributed by atoms with Gasteiger partial charge in [-0.2, -0.15) is 0 Å². The van der Waals surface area contributed by atoms with Crippen LogP contribution in [0.5, 0.6) is 0 Å². The molecule has 2 aromatic rings. The number of pyridine rings is 1. The predicted octanol–water partition coefficient (Wildman–Crippen LogP) is 5.09. The number of hydrogen-bond acceptors (Lipinski definition) is 9. The molecule has 0 saturated carbocycles. The maximum Gasteiger partial charge on any atom is 0.325 e. The number of amides is 3. The van der Waals surface area contributed by atoms with Crippen molar-refractivity contribution >= 4 is 81.4 Å². The van der Waals surface area contributed by atoms with Crippen molar-refractivity contribution in [3.05, 3.63) is 47.4 Å². The van der Waals surface area contributed by atoms with Gasteiger partial charge in [-0.25, -0.2) is 14.8 Å². The van der Waals surface area contributed by atoms with E-state index in [0.717, 1.165) is 0 Å². The molecule has 0 bridgehead atoms. The highest BCUT2D eigenvalue weighted by atomic mass is 35.6. The number of fused-ring (bicyclic) bond motifs is 1. The molecule has 0 aliphatic carbocycles. The van der Waals surface area contributed by atoms with Crippen molar-refractivity contribution in [1.82, 2.24) is 26.1 Å². The molecular weight excluding hydrogens is 716 g/mol. The molecule has 4 atom stereocenters. The third-order valence-electron chi connectivity index (χ3n) is 7.96. The van der Waals surface area contributed by atoms with E-state index in [-0.39, 0.29) is 23.5 Å². The van der Waals surface area contributed by atoms with Gasteiger partial charge in [-0.1, -0.05) is 79.0 Å². The van der Waals surface area contributed by atoms with E-state index >= 15 is 4.39 Å². The van der Waals surface area contributed by atoms with Crippen LogP contribution in [0, 0.1) is 17.2 Å². The molecule has 1 aliphatic rings. The molecule has 12 nitrogen and oxygen atoms in total. The van der Waals surface area contributed by atoms with Crippen LogP contribution in [0.4, 0.5) is 4.39 Å². The minimum atomic E-state index is -1.78. The minimum Gasteiger partial charge on any atom is -0.460 e. The van der Waals surface area contributed by atoms with Crippen molar-refractivity contribution < 1.29 is 37.8 Å². The molecule has 3 N–H and O–H groups in total. The summed E-state index contributed by atoms with van der Waals surface area (Å²) in [7, 11) is 0. The lowest BCUT2D eigenvalue weighted by Crippen LogP contribution is -2.61. The molecule has 3 rings (SSSR count). The molecule has 0 radical (unpaired) electrons. The molecule has 0 unspecified atom stereocenters. The Morgan fingerprint density at radius 3 is 2.36 bits per heavy atom. The Morgan fingerprint density at radius 2 is 1.74 bits per heavy atom. The summed E-state index contributed by atoms with van der Waals surface area (Å²) < 4.78 is 24.0. The topological polar surface area (TPSA) is 156 Å². The summed E-state index contributed by atoms with van der Waals surface area (Å²) in [6, 6.07) is 3.72. The Kier molecular flexibility index (Phi) is 14.0. The van der Waals surface area contributed by atoms with Crippen molar-refractivity contribution in [3.63, 3.8) is 0 Å². The maximum atomic E-state index is 15.6. The van der Waals surface area contributed by atoms with E-state index in [1.807, 2.05) is 0 Å². The number of benzene rings is 1. The fraction of sp³-hybridized carbons (Fsp3) is 0.529. The quantitative estimate of drug-likeness (QED) is 0.198. The Morgan fingerprint density at radius 1 is 1.08 bits per heavy atom. The van der Waals surface area contributed by atoms with Crippen LogP contribution in [-0.2, 0) is 33.4 Å². The molecule has 16 heteroatoms. The van der Waals surface area contributed by atoms with E-state index in [1.54, 1.807) is 58.9 Å². The third kappa shape index (κ3) is 11.2. The zero-order chi connectivity index (χ0) is 37.6. The smallest absolute Gasteiger partial charge is 0.325 e. The Hall–Kier alpha value is -3.52. The van der Waals surface area contributed by atoms with Gasteiger partial charge < -0.3 is 20.1 Å². The number of hydrogen-bond donors (Lipinski definition) is 3. The van der Waals surface area contributed by atoms with Gasteiger partial charge in [0.2, 0.25) is 15.6 Å². The third-order valence-corrected chi connectivity index (χ3v) is 8.28. The van der Waals surface area contributed by atoms with Gasteiger partial charge in [0.25, 0.3) is 5.91 Å². The van der Waals surface area contributed by atoms with Gasteiger partial charge in [0.15, 0.2) is 5.82 Å². The van der Waals surface area contributed by atoms with E-state index in [0.29, 0.717) is 23.9 Å². The highest BCUT2D eigenvalue weighted by Gasteiger charge is 2.35. The van der Waals surface area contributed by atoms with Crippen molar-refractivity contribution in [2.45, 2.75) is 89.3 Å². The van der Waals surface area contributed by atoms with Crippen LogP contribution in [-0.4, -0.2) is 74.7 Å². The molecule has 274 valence electrons. The average Bonchev–Trinajstić information content (AvgIpc) is 3.04. The van der Waals surface area contributed by atoms with Gasteiger partial charge in [0.05, 0.1) is 11.1 Å². The number of nitrogens with one attached hydrogen (secondary N) is 3. The fourth-order valence-corrected chi connectivity index (χ4v) is 5.22. The van der Waals surface area contributed by atoms with Crippen molar-refractivity contribution in [3.8, 4) is 0 Å². The van der Waals surface area contributed by atoms with Crippen molar-refractivity contribution in [2.75, 3.05) is 13.2 Å². The van der Waals surface area contributed by atoms with Crippen LogP contribution < -0.4 is 16.1 Å². The van der Waals surface area contributed by atoms with E-state index in [1.165, 1.54) is 31.0 Å². The highest BCUT2D eigenvalue weighted by molar-refractivity contribution is 6.67. The van der Waals surface area contributed by atoms with E-state index in [9.17, 15) is 24.0 Å². The number of alkyl halides is 3. The minimum absolute atomic E-state index is 0.0846. The molecule has 0 spiro atoms. The summed E-state index contributed by atoms with van der Waals surface area (Å²) in [6.45, 7) is 11.0. The fourth-order valence-electron chi connectivity index (χ4n) is 5.05. The van der Waals surface area contributed by atoms with Crippen molar-refractivity contribution in [2.24, 2.45) is 11.3 Å². The van der Waals surface area contributed by atoms with E-state index in [2.05, 4.69) is 21.0 Å². The summed E-state index contributed by atoms with van der Waals surface area (Å²) >= 11 is 16.9. The van der Waals surface area contributed by atoms with E-state index in [4.69, 9.17) is 44.3 Å². The zero-order valence-electron chi connectivity index (χ0n) is 28.9. The Labute approximate surface area is 305 Å². The molecule has 1 fully saturated rings. The molecule has 3 amide bonds. The zero-order valence-corrected chi connectivity index (χ0v) is 31.2. The summed E-state index contributed by atoms with van der Waals surface area (Å²) in [5.41, 5.74) is 2.27. The molecular formula is C34H43Cl3FN5O7. The first-order valence-corrected chi connectivity index (χ1v) is 17.2. The van der Waals surface area contributed by atoms with Gasteiger partial charge in [0.1, 0.15) is 36.4 Å². The lowest BCUT2D eigenvalue weighted by Gasteiger charge is -2.35. The number of hydrazine groups is 1. The predicted molar refractivity (Wildman–Crippen MR) is 188 cm³/mol. The summed E-state index contributed by atoms with van der Waals surface area (Å²) in [4.78, 5) is 68.1. The van der Waals surface area contributed by atoms with Crippen LogP contribution in [0.25, 0.3) is 17.0 Å². The standard InChI is InChI=1S/C34H43Cl3FN5O7/c1-18(2)27(29(45)39-19(3)30(46)43-16-8-9-25(42-43)31(47)49-17-34(35,36)37)41-32(48)33(6,7)15-14-22-10-11-23-12-13-24(20(4)50-21(5)44)40-28(23)26(22)38/h10-15,18-20,25,27,42H,8-9,16-17H2,1-7H3,(H,39,45)(H,41,48)/b15-14+/t19-,20+,25-,27-/m0/s1. The van der Waals surface area contributed by atoms with Crippen LogP contribution in [0.2, 0.25) is 0 Å². The lowest BCUT2D eigenvalue weighted by molar-refractivity contribution is -0.153. The Bertz CT molecular complexity index is 1630. The summed E-state index contributed by atoms with van der Waals surface area (Å²) in [5, 5.41) is 7.19. The lowest BCUT2D eigenvalue weighted by atomic mass is 9.89. The van der Waals surface area contributed by atoms with Gasteiger partial charge in [-0.15, -0.1) is 0 Å². The number of nitrogens with zero attached hydrogens (tertiary/aromatic N) is 2. The first-order valence-electron chi connectivity index (χ1n) is 16.1. The van der Waals surface area contributed by atoms with Gasteiger partial charge in [-0.05, 0) is 52.5 Å². The molecule has 1 aromatic carbocycles. The number of rotatable bonds is 12. The van der Waals surface area contributed by atoms with Crippen LogP contribution >= 0.6 is 34.8 Å². The Balaban J connectivity index is 1.66. The van der Waals surface area contributed by atoms with Crippen LogP contribution in [0.3, 0.4) is 0 Å². The monoisotopic (exact) mass is 757 g/mol. The molecule has 50 heavy (non-hydrogen) atoms. The SMILES string of the molecule is CC(=O)O[C@H](C)c1ccc2ccc(/C=C/C(C)(C)C(=O)N[C@H](C(=O)N[C@@H](C)C(=O)N3CCC[C@@H](C(=O)OCC(Cl)(Cl)Cl)N3)C(C)C)c(F)c2n1. The summed E-state index contributed by atoms with van der Waals surface area (Å²) in [5.74, 6) is -3.75. The highest BCUT2D eigenvalue weighted by Crippen LogP contribution is 2.28. The average molecular weight is 759 g/mol. The normalized spacial score (nSPS) is 17.3. The van der Waals surface area contributed by atoms with Crippen LogP contribution in [0.1, 0.15) is 78.7 Å². The first-order chi connectivity index (χ1) is 23.2. The molecule has 1 aromatic heterocycles. The van der Waals surface area contributed by atoms with Gasteiger partial charge in [0, 0.05) is 24.4 Å². The molecule has 1 aliphatic heterocycles. The van der Waals surface area contributed by atoms with Gasteiger partial charge in [-0.3, -0.25) is 29.0 Å². The number of aromatic nitrogens is 1. The number of halogens is 4. The van der Waals surface area contributed by atoms with Crippen molar-refractivity contribution in [1.29, 1.82) is 0 Å². The second-order valence-electron chi connectivity index (χ2n) is 13.0. The molecule has 1 saturated heterocycles. The van der Waals surface area contributed by atoms with Crippen LogP contribution in [0.15, 0.2) is 30.3 Å². The number of carbonyl (C=O) groups excluding carboxylic acids is 5. The summed E-state index contributed by atoms with van der Waals surface area (Å²) in [6.07, 6.45) is 3.19. The second-order valence-corrected chi connectivity index (χ2v) is 15.6. The van der Waals surface area contributed by atoms with E-state index < -0.39 is 75.5 Å². The molecule has 2 heterocycles. The second kappa shape index (κ2) is 17.1. The largest absolute Gasteiger partial charge is 0.460 e. The number of esters is 2. The first kappa shape index (κ1) is 40.9. The van der Waals surface area contributed by atoms with Gasteiger partial charge >= 0.3 is 11.9 Å².